The molecular formula is C9H12F2N2O. The fourth-order valence-corrected chi connectivity index (χ4v) is 0.864. The fourth-order valence-electron chi connectivity index (χ4n) is 0.864. The highest BCUT2D eigenvalue weighted by molar-refractivity contribution is 5.23. The highest BCUT2D eigenvalue weighted by Gasteiger charge is 2.21. The fraction of sp³-hybridized carbons (Fsp3) is 0.444. The average Bonchev–Trinajstić information content (AvgIpc) is 2.14. The first kappa shape index (κ1) is 10.8. The highest BCUT2D eigenvalue weighted by atomic mass is 19.3. The zero-order valence-electron chi connectivity index (χ0n) is 7.84. The predicted octanol–water partition coefficient (Wildman–Crippen LogP) is 1.57. The van der Waals surface area contributed by atoms with Gasteiger partial charge in [0.1, 0.15) is 5.75 Å². The van der Waals surface area contributed by atoms with Crippen molar-refractivity contribution in [3.05, 3.63) is 24.0 Å². The minimum atomic E-state index is -2.83. The molecule has 0 bridgehead atoms. The molecule has 0 atom stereocenters. The van der Waals surface area contributed by atoms with Crippen LogP contribution in [0.4, 0.5) is 8.78 Å². The number of alkyl halides is 2. The molecule has 1 heterocycles. The second-order valence-corrected chi connectivity index (χ2v) is 3.09. The van der Waals surface area contributed by atoms with Gasteiger partial charge in [-0.1, -0.05) is 0 Å². The topological polar surface area (TPSA) is 48.1 Å². The van der Waals surface area contributed by atoms with Crippen molar-refractivity contribution in [3.8, 4) is 5.75 Å². The normalized spacial score (nSPS) is 11.4. The molecule has 0 aliphatic heterocycles. The van der Waals surface area contributed by atoms with Gasteiger partial charge in [-0.25, -0.2) is 8.78 Å². The number of hydrogen-bond donors (Lipinski definition) is 1. The van der Waals surface area contributed by atoms with Crippen molar-refractivity contribution in [2.24, 2.45) is 5.73 Å². The van der Waals surface area contributed by atoms with Crippen LogP contribution in [0.5, 0.6) is 5.75 Å². The maximum Gasteiger partial charge on any atom is 0.278 e. The summed E-state index contributed by atoms with van der Waals surface area (Å²) >= 11 is 0. The Kier molecular flexibility index (Phi) is 3.35. The predicted molar refractivity (Wildman–Crippen MR) is 48.2 cm³/mol. The van der Waals surface area contributed by atoms with E-state index in [4.69, 9.17) is 10.5 Å². The van der Waals surface area contributed by atoms with E-state index >= 15 is 0 Å². The maximum absolute atomic E-state index is 12.4. The number of nitrogens with two attached hydrogens (primary N) is 1. The van der Waals surface area contributed by atoms with Crippen LogP contribution >= 0.6 is 0 Å². The van der Waals surface area contributed by atoms with E-state index in [2.05, 4.69) is 4.98 Å². The van der Waals surface area contributed by atoms with Gasteiger partial charge < -0.3 is 10.5 Å². The summed E-state index contributed by atoms with van der Waals surface area (Å²) < 4.78 is 29.7. The average molecular weight is 202 g/mol. The Morgan fingerprint density at radius 3 is 2.79 bits per heavy atom. The molecule has 0 aliphatic rings. The summed E-state index contributed by atoms with van der Waals surface area (Å²) in [4.78, 5) is 3.81. The van der Waals surface area contributed by atoms with Crippen LogP contribution in [0, 0.1) is 0 Å². The van der Waals surface area contributed by atoms with Crippen molar-refractivity contribution in [1.82, 2.24) is 4.98 Å². The number of nitrogens with zero attached hydrogens (tertiary/aromatic N) is 1. The Hall–Kier alpha value is -1.23. The molecule has 0 amide bonds. The van der Waals surface area contributed by atoms with Gasteiger partial charge in [0.25, 0.3) is 5.92 Å². The van der Waals surface area contributed by atoms with Crippen LogP contribution in [-0.4, -0.2) is 17.5 Å². The SMILES string of the molecule is CC(F)(F)COc1cncc(CN)c1. The minimum absolute atomic E-state index is 0.312. The summed E-state index contributed by atoms with van der Waals surface area (Å²) in [6, 6.07) is 1.60. The molecule has 1 aromatic rings. The van der Waals surface area contributed by atoms with E-state index in [1.54, 1.807) is 12.3 Å². The van der Waals surface area contributed by atoms with E-state index in [1.165, 1.54) is 6.20 Å². The van der Waals surface area contributed by atoms with Gasteiger partial charge in [0.15, 0.2) is 6.61 Å². The Morgan fingerprint density at radius 2 is 2.21 bits per heavy atom. The summed E-state index contributed by atoms with van der Waals surface area (Å²) in [6.07, 6.45) is 2.95. The molecule has 0 radical (unpaired) electrons. The first-order chi connectivity index (χ1) is 6.51. The van der Waals surface area contributed by atoms with E-state index in [9.17, 15) is 8.78 Å². The second-order valence-electron chi connectivity index (χ2n) is 3.09. The van der Waals surface area contributed by atoms with Crippen molar-refractivity contribution in [2.45, 2.75) is 19.4 Å². The first-order valence-electron chi connectivity index (χ1n) is 4.16. The summed E-state index contributed by atoms with van der Waals surface area (Å²) in [5.74, 6) is -2.52. The molecule has 2 N–H and O–H groups in total. The molecule has 3 nitrogen and oxygen atoms in total. The van der Waals surface area contributed by atoms with Gasteiger partial charge >= 0.3 is 0 Å². The quantitative estimate of drug-likeness (QED) is 0.806. The van der Waals surface area contributed by atoms with Crippen LogP contribution in [0.25, 0.3) is 0 Å². The number of ether oxygens (including phenoxy) is 1. The molecular weight excluding hydrogens is 190 g/mol. The molecule has 1 rings (SSSR count). The summed E-state index contributed by atoms with van der Waals surface area (Å²) in [5, 5.41) is 0. The molecule has 0 unspecified atom stereocenters. The molecule has 1 aromatic heterocycles. The molecule has 5 heteroatoms. The highest BCUT2D eigenvalue weighted by Crippen LogP contribution is 2.16. The molecule has 0 aromatic carbocycles. The Labute approximate surface area is 80.9 Å². The number of hydrogen-bond acceptors (Lipinski definition) is 3. The minimum Gasteiger partial charge on any atom is -0.486 e. The zero-order chi connectivity index (χ0) is 10.6. The molecule has 0 spiro atoms. The smallest absolute Gasteiger partial charge is 0.278 e. The van der Waals surface area contributed by atoms with E-state index < -0.39 is 12.5 Å². The Morgan fingerprint density at radius 1 is 1.50 bits per heavy atom. The van der Waals surface area contributed by atoms with Crippen LogP contribution < -0.4 is 10.5 Å². The van der Waals surface area contributed by atoms with Crippen molar-refractivity contribution in [3.63, 3.8) is 0 Å². The van der Waals surface area contributed by atoms with Crippen LogP contribution in [0.3, 0.4) is 0 Å². The molecule has 0 aliphatic carbocycles. The van der Waals surface area contributed by atoms with Crippen molar-refractivity contribution >= 4 is 0 Å². The lowest BCUT2D eigenvalue weighted by atomic mass is 10.3. The molecule has 0 saturated heterocycles. The third kappa shape index (κ3) is 3.66. The summed E-state index contributed by atoms with van der Waals surface area (Å²) in [6.45, 7) is 0.461. The standard InChI is InChI=1S/C9H12F2N2O/c1-9(10,11)6-14-8-2-7(3-12)4-13-5-8/h2,4-5H,3,6,12H2,1H3. The van der Waals surface area contributed by atoms with Gasteiger partial charge in [-0.05, 0) is 11.6 Å². The number of rotatable bonds is 4. The van der Waals surface area contributed by atoms with Crippen molar-refractivity contribution < 1.29 is 13.5 Å². The van der Waals surface area contributed by atoms with Gasteiger partial charge in [-0.3, -0.25) is 4.98 Å². The van der Waals surface area contributed by atoms with Gasteiger partial charge in [-0.2, -0.15) is 0 Å². The first-order valence-corrected chi connectivity index (χ1v) is 4.16. The second kappa shape index (κ2) is 4.32. The van der Waals surface area contributed by atoms with Crippen LogP contribution in [-0.2, 0) is 6.54 Å². The third-order valence-electron chi connectivity index (χ3n) is 1.50. The van der Waals surface area contributed by atoms with Gasteiger partial charge in [-0.15, -0.1) is 0 Å². The number of halogens is 2. The van der Waals surface area contributed by atoms with Crippen LogP contribution in [0.1, 0.15) is 12.5 Å². The monoisotopic (exact) mass is 202 g/mol. The summed E-state index contributed by atoms with van der Waals surface area (Å²) in [7, 11) is 0. The number of pyridine rings is 1. The summed E-state index contributed by atoms with van der Waals surface area (Å²) in [5.41, 5.74) is 6.11. The third-order valence-corrected chi connectivity index (χ3v) is 1.50. The van der Waals surface area contributed by atoms with Crippen LogP contribution in [0.2, 0.25) is 0 Å². The van der Waals surface area contributed by atoms with E-state index in [-0.39, 0.29) is 0 Å². The van der Waals surface area contributed by atoms with E-state index in [0.717, 1.165) is 12.5 Å². The molecule has 14 heavy (non-hydrogen) atoms. The van der Waals surface area contributed by atoms with Crippen LogP contribution in [0.15, 0.2) is 18.5 Å². The maximum atomic E-state index is 12.4. The molecule has 0 saturated carbocycles. The Balaban J connectivity index is 2.59. The lowest BCUT2D eigenvalue weighted by molar-refractivity contribution is -0.0230. The van der Waals surface area contributed by atoms with E-state index in [0.29, 0.717) is 12.3 Å². The van der Waals surface area contributed by atoms with Gasteiger partial charge in [0.05, 0.1) is 6.20 Å². The van der Waals surface area contributed by atoms with Crippen molar-refractivity contribution in [2.75, 3.05) is 6.61 Å². The lowest BCUT2D eigenvalue weighted by Crippen LogP contribution is -2.21. The van der Waals surface area contributed by atoms with Gasteiger partial charge in [0, 0.05) is 19.7 Å². The number of aromatic nitrogens is 1. The lowest BCUT2D eigenvalue weighted by Gasteiger charge is -2.11. The van der Waals surface area contributed by atoms with Gasteiger partial charge in [0.2, 0.25) is 0 Å². The molecule has 0 fully saturated rings. The van der Waals surface area contributed by atoms with Crippen molar-refractivity contribution in [1.29, 1.82) is 0 Å². The largest absolute Gasteiger partial charge is 0.486 e. The zero-order valence-corrected chi connectivity index (χ0v) is 7.84. The molecule has 78 valence electrons. The Bertz CT molecular complexity index is 299. The van der Waals surface area contributed by atoms with E-state index in [1.807, 2.05) is 0 Å².